The van der Waals surface area contributed by atoms with Gasteiger partial charge in [-0.1, -0.05) is 20.3 Å². The zero-order chi connectivity index (χ0) is 12.8. The van der Waals surface area contributed by atoms with Crippen LogP contribution in [-0.4, -0.2) is 49.3 Å². The van der Waals surface area contributed by atoms with Gasteiger partial charge in [-0.15, -0.1) is 0 Å². The van der Waals surface area contributed by atoms with Gasteiger partial charge in [0.25, 0.3) is 0 Å². The first kappa shape index (κ1) is 14.3. The summed E-state index contributed by atoms with van der Waals surface area (Å²) in [5, 5.41) is 3.61. The van der Waals surface area contributed by atoms with Crippen molar-refractivity contribution in [2.75, 3.05) is 26.2 Å². The average molecular weight is 254 g/mol. The Kier molecular flexibility index (Phi) is 5.93. The topological polar surface area (TPSA) is 24.5 Å². The standard InChI is InChI=1S/C15H30N2O/c1-3-6-13(12-16-9-4-2)17-10-11-18-15-8-5-7-14(15)17/h13-16H,3-12H2,1-2H3. The Morgan fingerprint density at radius 3 is 2.94 bits per heavy atom. The lowest BCUT2D eigenvalue weighted by atomic mass is 10.0. The maximum Gasteiger partial charge on any atom is 0.0731 e. The summed E-state index contributed by atoms with van der Waals surface area (Å²) in [6.45, 7) is 8.93. The maximum atomic E-state index is 5.92. The lowest BCUT2D eigenvalue weighted by Gasteiger charge is -2.42. The number of hydrogen-bond donors (Lipinski definition) is 1. The SMILES string of the molecule is CCCNCC(CCC)N1CCOC2CCCC21. The van der Waals surface area contributed by atoms with Crippen LogP contribution < -0.4 is 5.32 Å². The molecule has 3 unspecified atom stereocenters. The average Bonchev–Trinajstić information content (AvgIpc) is 2.86. The molecule has 1 saturated carbocycles. The van der Waals surface area contributed by atoms with Crippen molar-refractivity contribution in [3.05, 3.63) is 0 Å². The molecule has 0 spiro atoms. The van der Waals surface area contributed by atoms with Gasteiger partial charge in [-0.25, -0.2) is 0 Å². The fraction of sp³-hybridized carbons (Fsp3) is 1.00. The van der Waals surface area contributed by atoms with Crippen molar-refractivity contribution in [3.63, 3.8) is 0 Å². The molecule has 0 amide bonds. The highest BCUT2D eigenvalue weighted by Gasteiger charge is 2.38. The lowest BCUT2D eigenvalue weighted by molar-refractivity contribution is -0.0725. The van der Waals surface area contributed by atoms with Gasteiger partial charge in [-0.05, 0) is 38.6 Å². The largest absolute Gasteiger partial charge is 0.375 e. The van der Waals surface area contributed by atoms with E-state index in [0.29, 0.717) is 12.1 Å². The van der Waals surface area contributed by atoms with Gasteiger partial charge in [0.1, 0.15) is 0 Å². The highest BCUT2D eigenvalue weighted by molar-refractivity contribution is 4.92. The molecule has 106 valence electrons. The number of nitrogens with zero attached hydrogens (tertiary/aromatic N) is 1. The van der Waals surface area contributed by atoms with E-state index in [9.17, 15) is 0 Å². The second kappa shape index (κ2) is 7.46. The smallest absolute Gasteiger partial charge is 0.0731 e. The summed E-state index contributed by atoms with van der Waals surface area (Å²) < 4.78 is 5.92. The van der Waals surface area contributed by atoms with Crippen LogP contribution in [0, 0.1) is 0 Å². The first-order valence-electron chi connectivity index (χ1n) is 7.94. The van der Waals surface area contributed by atoms with Crippen molar-refractivity contribution in [3.8, 4) is 0 Å². The van der Waals surface area contributed by atoms with Gasteiger partial charge >= 0.3 is 0 Å². The molecule has 0 bridgehead atoms. The Morgan fingerprint density at radius 1 is 1.28 bits per heavy atom. The van der Waals surface area contributed by atoms with Crippen LogP contribution >= 0.6 is 0 Å². The first-order valence-corrected chi connectivity index (χ1v) is 7.94. The molecule has 0 radical (unpaired) electrons. The van der Waals surface area contributed by atoms with Gasteiger partial charge in [0.05, 0.1) is 12.7 Å². The van der Waals surface area contributed by atoms with Crippen LogP contribution in [0.4, 0.5) is 0 Å². The molecular weight excluding hydrogens is 224 g/mol. The number of fused-ring (bicyclic) bond motifs is 1. The molecule has 1 N–H and O–H groups in total. The van der Waals surface area contributed by atoms with Crippen molar-refractivity contribution in [2.24, 2.45) is 0 Å². The summed E-state index contributed by atoms with van der Waals surface area (Å²) in [5.41, 5.74) is 0. The molecule has 18 heavy (non-hydrogen) atoms. The van der Waals surface area contributed by atoms with Crippen molar-refractivity contribution in [1.29, 1.82) is 0 Å². The third kappa shape index (κ3) is 3.46. The molecule has 2 fully saturated rings. The predicted octanol–water partition coefficient (Wildman–Crippen LogP) is 2.41. The monoisotopic (exact) mass is 254 g/mol. The summed E-state index contributed by atoms with van der Waals surface area (Å²) in [7, 11) is 0. The van der Waals surface area contributed by atoms with Crippen LogP contribution in [0.5, 0.6) is 0 Å². The van der Waals surface area contributed by atoms with Crippen LogP contribution in [0.2, 0.25) is 0 Å². The van der Waals surface area contributed by atoms with Gasteiger partial charge in [-0.3, -0.25) is 4.90 Å². The predicted molar refractivity (Wildman–Crippen MR) is 75.9 cm³/mol. The Morgan fingerprint density at radius 2 is 2.17 bits per heavy atom. The minimum atomic E-state index is 0.532. The highest BCUT2D eigenvalue weighted by Crippen LogP contribution is 2.31. The first-order chi connectivity index (χ1) is 8.86. The minimum absolute atomic E-state index is 0.532. The third-order valence-corrected chi connectivity index (χ3v) is 4.42. The molecule has 0 aromatic rings. The van der Waals surface area contributed by atoms with Gasteiger partial charge in [0.2, 0.25) is 0 Å². The minimum Gasteiger partial charge on any atom is -0.375 e. The van der Waals surface area contributed by atoms with Gasteiger partial charge in [0, 0.05) is 25.2 Å². The summed E-state index contributed by atoms with van der Waals surface area (Å²) in [6.07, 6.45) is 8.35. The van der Waals surface area contributed by atoms with Gasteiger partial charge < -0.3 is 10.1 Å². The zero-order valence-corrected chi connectivity index (χ0v) is 12.2. The molecule has 3 atom stereocenters. The summed E-state index contributed by atoms with van der Waals surface area (Å²) in [4.78, 5) is 2.76. The van der Waals surface area contributed by atoms with E-state index in [1.54, 1.807) is 0 Å². The van der Waals surface area contributed by atoms with E-state index >= 15 is 0 Å². The van der Waals surface area contributed by atoms with Crippen LogP contribution in [0.15, 0.2) is 0 Å². The van der Waals surface area contributed by atoms with Crippen LogP contribution in [0.1, 0.15) is 52.4 Å². The van der Waals surface area contributed by atoms with Crippen molar-refractivity contribution >= 4 is 0 Å². The van der Waals surface area contributed by atoms with Crippen LogP contribution in [0.25, 0.3) is 0 Å². The van der Waals surface area contributed by atoms with E-state index in [-0.39, 0.29) is 0 Å². The maximum absolute atomic E-state index is 5.92. The zero-order valence-electron chi connectivity index (χ0n) is 12.2. The van der Waals surface area contributed by atoms with E-state index in [0.717, 1.165) is 32.3 Å². The molecule has 2 rings (SSSR count). The molecule has 1 aliphatic carbocycles. The van der Waals surface area contributed by atoms with Crippen molar-refractivity contribution in [1.82, 2.24) is 10.2 Å². The van der Waals surface area contributed by atoms with E-state index in [2.05, 4.69) is 24.1 Å². The summed E-state index contributed by atoms with van der Waals surface area (Å²) in [6, 6.07) is 1.43. The van der Waals surface area contributed by atoms with Gasteiger partial charge in [-0.2, -0.15) is 0 Å². The molecule has 3 nitrogen and oxygen atoms in total. The fourth-order valence-electron chi connectivity index (χ4n) is 3.57. The Bertz CT molecular complexity index is 235. The second-order valence-corrected chi connectivity index (χ2v) is 5.79. The molecule has 1 aliphatic heterocycles. The van der Waals surface area contributed by atoms with Crippen molar-refractivity contribution < 1.29 is 4.74 Å². The molecule has 1 heterocycles. The number of nitrogens with one attached hydrogen (secondary N) is 1. The number of rotatable bonds is 7. The molecular formula is C15H30N2O. The number of hydrogen-bond acceptors (Lipinski definition) is 3. The normalized spacial score (nSPS) is 30.3. The fourth-order valence-corrected chi connectivity index (χ4v) is 3.57. The second-order valence-electron chi connectivity index (χ2n) is 5.79. The van der Waals surface area contributed by atoms with E-state index < -0.39 is 0 Å². The molecule has 2 aliphatic rings. The summed E-state index contributed by atoms with van der Waals surface area (Å²) in [5.74, 6) is 0. The van der Waals surface area contributed by atoms with E-state index in [1.807, 2.05) is 0 Å². The number of ether oxygens (including phenoxy) is 1. The Hall–Kier alpha value is -0.120. The van der Waals surface area contributed by atoms with E-state index in [1.165, 1.54) is 38.5 Å². The van der Waals surface area contributed by atoms with Gasteiger partial charge in [0.15, 0.2) is 0 Å². The van der Waals surface area contributed by atoms with Crippen LogP contribution in [0.3, 0.4) is 0 Å². The third-order valence-electron chi connectivity index (χ3n) is 4.42. The Labute approximate surface area is 112 Å². The molecule has 3 heteroatoms. The van der Waals surface area contributed by atoms with Crippen molar-refractivity contribution in [2.45, 2.75) is 70.6 Å². The lowest BCUT2D eigenvalue weighted by Crippen LogP contribution is -2.55. The molecule has 1 saturated heterocycles. The molecule has 0 aromatic carbocycles. The quantitative estimate of drug-likeness (QED) is 0.706. The molecule has 0 aromatic heterocycles. The number of morpholine rings is 1. The van der Waals surface area contributed by atoms with Crippen LogP contribution in [-0.2, 0) is 4.74 Å². The Balaban J connectivity index is 1.90. The highest BCUT2D eigenvalue weighted by atomic mass is 16.5. The van der Waals surface area contributed by atoms with E-state index in [4.69, 9.17) is 4.74 Å². The summed E-state index contributed by atoms with van der Waals surface area (Å²) >= 11 is 0.